The lowest BCUT2D eigenvalue weighted by Crippen LogP contribution is -2.59. The first-order chi connectivity index (χ1) is 33.1. The summed E-state index contributed by atoms with van der Waals surface area (Å²) < 4.78 is 22.4. The van der Waals surface area contributed by atoms with Crippen LogP contribution in [-0.2, 0) is 38.7 Å². The Bertz CT molecular complexity index is 2600. The molecule has 0 saturated carbocycles. The van der Waals surface area contributed by atoms with Gasteiger partial charge in [-0.05, 0) is 114 Å². The Morgan fingerprint density at radius 1 is 0.957 bits per heavy atom. The number of phosphoric acid groups is 1. The number of hydrogen-bond acceptors (Lipinski definition) is 15. The first-order valence-electron chi connectivity index (χ1n) is 24.2. The molecular formula is C49H65N10O8PS. The lowest BCUT2D eigenvalue weighted by atomic mass is 9.89. The second kappa shape index (κ2) is 20.3. The molecule has 5 aliphatic rings. The monoisotopic (exact) mass is 984 g/mol. The molecule has 0 radical (unpaired) electrons. The van der Waals surface area contributed by atoms with Crippen LogP contribution in [0.3, 0.4) is 0 Å². The summed E-state index contributed by atoms with van der Waals surface area (Å²) >= 11 is 1.69. The third kappa shape index (κ3) is 10.4. The number of piperidine rings is 2. The zero-order valence-corrected chi connectivity index (χ0v) is 41.7. The Labute approximate surface area is 408 Å². The van der Waals surface area contributed by atoms with Gasteiger partial charge in [-0.15, -0.1) is 11.3 Å². The van der Waals surface area contributed by atoms with E-state index >= 15 is 0 Å². The van der Waals surface area contributed by atoms with Crippen molar-refractivity contribution >= 4 is 65.4 Å². The van der Waals surface area contributed by atoms with Gasteiger partial charge in [-0.2, -0.15) is 0 Å². The first-order valence-corrected chi connectivity index (χ1v) is 26.5. The molecule has 3 saturated heterocycles. The van der Waals surface area contributed by atoms with Gasteiger partial charge in [-0.3, -0.25) is 19.0 Å². The Morgan fingerprint density at radius 2 is 1.75 bits per heavy atom. The van der Waals surface area contributed by atoms with Crippen molar-refractivity contribution in [2.75, 3.05) is 84.9 Å². The van der Waals surface area contributed by atoms with Crippen LogP contribution in [0, 0.1) is 0 Å². The molecule has 1 aliphatic carbocycles. The molecule has 2 amide bonds. The predicted molar refractivity (Wildman–Crippen MR) is 268 cm³/mol. The van der Waals surface area contributed by atoms with E-state index in [0.717, 1.165) is 93.2 Å². The van der Waals surface area contributed by atoms with Gasteiger partial charge in [0.1, 0.15) is 22.9 Å². The van der Waals surface area contributed by atoms with E-state index in [9.17, 15) is 29.0 Å². The van der Waals surface area contributed by atoms with Crippen molar-refractivity contribution in [3.8, 4) is 5.88 Å². The number of fused-ring (bicyclic) bond motifs is 3. The summed E-state index contributed by atoms with van der Waals surface area (Å²) in [4.78, 5) is 73.7. The SMILES string of the molecule is C=CC(=O)Nc1cc(Nc2cc(N3CCCC(N4CCc5c(sc6c5CCCC6)C4=O)C3CO)cnc2OC)ncc1N1CCN(C2CCN(c3cccc(C(C)(C)OP(=O)(O)O)n3)CC2)C[C@@H]1C. The number of aliphatic hydroxyl groups is 1. The number of anilines is 6. The third-order valence-corrected chi connectivity index (χ3v) is 16.6. The summed E-state index contributed by atoms with van der Waals surface area (Å²) in [6.45, 7) is 14.2. The molecule has 9 rings (SSSR count). The van der Waals surface area contributed by atoms with Crippen molar-refractivity contribution in [3.05, 3.63) is 82.0 Å². The van der Waals surface area contributed by atoms with Crippen LogP contribution in [0.1, 0.15) is 90.7 Å². The molecule has 0 aromatic carbocycles. The highest BCUT2D eigenvalue weighted by Crippen LogP contribution is 2.45. The molecule has 3 fully saturated rings. The number of aliphatic hydroxyl groups excluding tert-OH is 1. The fourth-order valence-corrected chi connectivity index (χ4v) is 13.3. The van der Waals surface area contributed by atoms with Gasteiger partial charge in [-0.25, -0.2) is 19.5 Å². The minimum atomic E-state index is -4.72. The van der Waals surface area contributed by atoms with Crippen LogP contribution in [0.4, 0.5) is 34.4 Å². The average Bonchev–Trinajstić information content (AvgIpc) is 3.73. The third-order valence-electron chi connectivity index (χ3n) is 14.6. The van der Waals surface area contributed by atoms with Crippen molar-refractivity contribution in [2.45, 2.75) is 108 Å². The Balaban J connectivity index is 0.872. The Morgan fingerprint density at radius 3 is 2.49 bits per heavy atom. The van der Waals surface area contributed by atoms with Gasteiger partial charge in [0.05, 0.1) is 65.8 Å². The van der Waals surface area contributed by atoms with Crippen LogP contribution < -0.4 is 30.1 Å². The van der Waals surface area contributed by atoms with E-state index in [1.165, 1.54) is 34.9 Å². The predicted octanol–water partition coefficient (Wildman–Crippen LogP) is 6.24. The molecule has 5 N–H and O–H groups in total. The number of methoxy groups -OCH3 is 1. The number of phosphoric ester groups is 1. The quantitative estimate of drug-likeness (QED) is 0.0700. The van der Waals surface area contributed by atoms with E-state index in [-0.39, 0.29) is 36.5 Å². The van der Waals surface area contributed by atoms with Gasteiger partial charge in [-0.1, -0.05) is 12.6 Å². The van der Waals surface area contributed by atoms with E-state index < -0.39 is 13.4 Å². The van der Waals surface area contributed by atoms with Gasteiger partial charge >= 0.3 is 7.82 Å². The number of aromatic nitrogens is 3. The molecule has 0 bridgehead atoms. The van der Waals surface area contributed by atoms with Crippen LogP contribution >= 0.6 is 19.2 Å². The highest BCUT2D eigenvalue weighted by atomic mass is 32.1. The van der Waals surface area contributed by atoms with Crippen LogP contribution in [0.5, 0.6) is 5.88 Å². The highest BCUT2D eigenvalue weighted by molar-refractivity contribution is 7.46. The second-order valence-corrected chi connectivity index (χ2v) is 21.6. The number of hydrogen-bond donors (Lipinski definition) is 5. The summed E-state index contributed by atoms with van der Waals surface area (Å²) in [6.07, 6.45) is 13.7. The standard InChI is InChI=1S/C49H65N10O8PS/c1-6-45(61)53-36-26-43(50-28-39(36)57-24-23-56(29-31(57)2)32-16-20-55(21-17-32)44-15-9-14-42(54-44)49(3,4)67-68(63,64)65)52-37-25-33(27-51-47(37)66-5)58-19-10-12-38(40(58)30-60)59-22-18-35-34-11-7-8-13-41(34)69-46(35)48(59)62/h6,9,14-15,25-28,31-32,38,40,60H,1,7-8,10-13,16-24,29-30H2,2-5H3,(H2,63,64,65)(H2,50,52,53,61)/t31-,38?,40?/m0/s1. The van der Waals surface area contributed by atoms with Crippen molar-refractivity contribution in [1.82, 2.24) is 24.8 Å². The highest BCUT2D eigenvalue weighted by Gasteiger charge is 2.42. The zero-order valence-electron chi connectivity index (χ0n) is 40.0. The zero-order chi connectivity index (χ0) is 48.6. The number of thiophene rings is 1. The maximum atomic E-state index is 14.2. The molecule has 18 nitrogen and oxygen atoms in total. The van der Waals surface area contributed by atoms with Gasteiger partial charge < -0.3 is 49.9 Å². The van der Waals surface area contributed by atoms with E-state index in [1.54, 1.807) is 50.8 Å². The Hall–Kier alpha value is -5.14. The minimum Gasteiger partial charge on any atom is -0.480 e. The number of piperazine rings is 1. The average molecular weight is 985 g/mol. The van der Waals surface area contributed by atoms with E-state index in [0.29, 0.717) is 54.4 Å². The molecule has 69 heavy (non-hydrogen) atoms. The number of pyridine rings is 3. The summed E-state index contributed by atoms with van der Waals surface area (Å²) in [6, 6.07) is 9.22. The van der Waals surface area contributed by atoms with Gasteiger partial charge in [0.15, 0.2) is 0 Å². The van der Waals surface area contributed by atoms with Gasteiger partial charge in [0.25, 0.3) is 5.91 Å². The number of carbonyl (C=O) groups is 2. The molecule has 20 heteroatoms. The molecule has 2 unspecified atom stereocenters. The molecule has 4 aromatic rings. The molecule has 8 heterocycles. The van der Waals surface area contributed by atoms with Gasteiger partial charge in [0.2, 0.25) is 11.8 Å². The molecule has 4 aliphatic heterocycles. The maximum Gasteiger partial charge on any atom is 0.470 e. The number of nitrogens with zero attached hydrogens (tertiary/aromatic N) is 8. The lowest BCUT2D eigenvalue weighted by Gasteiger charge is -2.47. The molecule has 370 valence electrons. The number of amides is 2. The molecular weight excluding hydrogens is 920 g/mol. The van der Waals surface area contributed by atoms with Crippen LogP contribution in [0.2, 0.25) is 0 Å². The van der Waals surface area contributed by atoms with Crippen molar-refractivity contribution < 1.29 is 38.3 Å². The lowest BCUT2D eigenvalue weighted by molar-refractivity contribution is -0.111. The van der Waals surface area contributed by atoms with E-state index in [4.69, 9.17) is 19.2 Å². The number of carbonyl (C=O) groups excluding carboxylic acids is 2. The number of nitrogens with one attached hydrogen (secondary N) is 2. The van der Waals surface area contributed by atoms with Crippen molar-refractivity contribution in [1.29, 1.82) is 0 Å². The normalized spacial score (nSPS) is 21.7. The molecule has 0 spiro atoms. The van der Waals surface area contributed by atoms with Crippen LogP contribution in [-0.4, -0.2) is 135 Å². The van der Waals surface area contributed by atoms with E-state index in [1.807, 2.05) is 29.2 Å². The van der Waals surface area contributed by atoms with Crippen LogP contribution in [0.25, 0.3) is 0 Å². The maximum absolute atomic E-state index is 14.2. The number of ether oxygens (including phenoxy) is 1. The summed E-state index contributed by atoms with van der Waals surface area (Å²) in [5.74, 6) is 1.32. The van der Waals surface area contributed by atoms with Crippen molar-refractivity contribution in [2.24, 2.45) is 0 Å². The first kappa shape index (κ1) is 48.9. The number of aryl methyl sites for hydroxylation is 1. The summed E-state index contributed by atoms with van der Waals surface area (Å²) in [5.41, 5.74) is 4.58. The second-order valence-electron chi connectivity index (χ2n) is 19.3. The van der Waals surface area contributed by atoms with Gasteiger partial charge in [0, 0.05) is 68.8 Å². The smallest absolute Gasteiger partial charge is 0.470 e. The molecule has 3 atom stereocenters. The fraction of sp³-hybridized carbons (Fsp3) is 0.531. The fourth-order valence-electron chi connectivity index (χ4n) is 11.2. The van der Waals surface area contributed by atoms with Crippen LogP contribution in [0.15, 0.2) is 55.4 Å². The van der Waals surface area contributed by atoms with Crippen molar-refractivity contribution in [3.63, 3.8) is 0 Å². The van der Waals surface area contributed by atoms with E-state index in [2.05, 4.69) is 48.7 Å². The summed E-state index contributed by atoms with van der Waals surface area (Å²) in [5, 5.41) is 17.4. The largest absolute Gasteiger partial charge is 0.480 e. The summed E-state index contributed by atoms with van der Waals surface area (Å²) in [7, 11) is -3.16. The molecule has 4 aromatic heterocycles. The Kier molecular flexibility index (Phi) is 14.4. The minimum absolute atomic E-state index is 0.0955. The topological polar surface area (TPSA) is 209 Å². The number of rotatable bonds is 14.